The summed E-state index contributed by atoms with van der Waals surface area (Å²) < 4.78 is 13.3. The van der Waals surface area contributed by atoms with E-state index in [1.807, 2.05) is 18.2 Å². The van der Waals surface area contributed by atoms with E-state index < -0.39 is 6.10 Å². The third-order valence-corrected chi connectivity index (χ3v) is 6.26. The van der Waals surface area contributed by atoms with Crippen LogP contribution in [0.3, 0.4) is 0 Å². The molecule has 0 aromatic heterocycles. The first-order valence-corrected chi connectivity index (χ1v) is 11.0. The van der Waals surface area contributed by atoms with Gasteiger partial charge in [0.05, 0.1) is 19.3 Å². The van der Waals surface area contributed by atoms with Gasteiger partial charge in [-0.05, 0) is 73.6 Å². The Labute approximate surface area is 182 Å². The maximum absolute atomic E-state index is 13.3. The molecule has 1 unspecified atom stereocenters. The monoisotopic (exact) mass is 427 g/mol. The number of nitrogens with zero attached hydrogens (tertiary/aromatic N) is 1. The molecule has 7 heteroatoms. The fourth-order valence-corrected chi connectivity index (χ4v) is 4.56. The zero-order valence-electron chi connectivity index (χ0n) is 17.6. The van der Waals surface area contributed by atoms with Gasteiger partial charge in [0.1, 0.15) is 5.82 Å². The summed E-state index contributed by atoms with van der Waals surface area (Å²) in [5, 5.41) is 25.9. The predicted molar refractivity (Wildman–Crippen MR) is 118 cm³/mol. The average molecular weight is 428 g/mol. The molecule has 0 bridgehead atoms. The number of aliphatic hydroxyl groups is 2. The fourth-order valence-electron chi connectivity index (χ4n) is 4.56. The zero-order chi connectivity index (χ0) is 21.8. The standard InChI is InChI=1S/C24H30FN3O3/c25-18-4-7-22(17(12-18)15-29)26-19-8-10-28(11-9-19)14-24(31)27-20-5-6-21-16(13-20)2-1-3-23(21)30/h4-7,12-13,19,23,26,29-30H,1-3,8-11,14-15H2,(H,27,31). The number of carbonyl (C=O) groups is 1. The van der Waals surface area contributed by atoms with Crippen LogP contribution in [0.2, 0.25) is 0 Å². The van der Waals surface area contributed by atoms with Gasteiger partial charge in [-0.3, -0.25) is 9.69 Å². The van der Waals surface area contributed by atoms with Gasteiger partial charge in [-0.15, -0.1) is 0 Å². The zero-order valence-corrected chi connectivity index (χ0v) is 17.6. The molecule has 1 aliphatic heterocycles. The highest BCUT2D eigenvalue weighted by Crippen LogP contribution is 2.31. The van der Waals surface area contributed by atoms with Gasteiger partial charge < -0.3 is 20.8 Å². The molecule has 2 aromatic carbocycles. The lowest BCUT2D eigenvalue weighted by Gasteiger charge is -2.32. The van der Waals surface area contributed by atoms with Crippen LogP contribution in [-0.2, 0) is 17.8 Å². The number of piperidine rings is 1. The second-order valence-corrected chi connectivity index (χ2v) is 8.52. The van der Waals surface area contributed by atoms with Gasteiger partial charge >= 0.3 is 0 Å². The highest BCUT2D eigenvalue weighted by atomic mass is 19.1. The second kappa shape index (κ2) is 9.77. The quantitative estimate of drug-likeness (QED) is 0.569. The average Bonchev–Trinajstić information content (AvgIpc) is 2.76. The van der Waals surface area contributed by atoms with Crippen molar-refractivity contribution >= 4 is 17.3 Å². The maximum Gasteiger partial charge on any atom is 0.238 e. The van der Waals surface area contributed by atoms with Crippen molar-refractivity contribution in [1.82, 2.24) is 4.90 Å². The molecule has 2 aromatic rings. The van der Waals surface area contributed by atoms with Crippen molar-refractivity contribution in [1.29, 1.82) is 0 Å². The third kappa shape index (κ3) is 5.42. The van der Waals surface area contributed by atoms with Gasteiger partial charge in [0.25, 0.3) is 0 Å². The Morgan fingerprint density at radius 1 is 1.13 bits per heavy atom. The molecule has 1 saturated heterocycles. The van der Waals surface area contributed by atoms with Crippen LogP contribution in [0.5, 0.6) is 0 Å². The number of amides is 1. The Morgan fingerprint density at radius 2 is 1.94 bits per heavy atom. The van der Waals surface area contributed by atoms with Crippen molar-refractivity contribution in [2.24, 2.45) is 0 Å². The van der Waals surface area contributed by atoms with Gasteiger partial charge in [-0.25, -0.2) is 4.39 Å². The Morgan fingerprint density at radius 3 is 2.71 bits per heavy atom. The van der Waals surface area contributed by atoms with E-state index in [9.17, 15) is 19.4 Å². The molecule has 1 atom stereocenters. The maximum atomic E-state index is 13.3. The minimum atomic E-state index is -0.397. The van der Waals surface area contributed by atoms with Crippen LogP contribution in [0, 0.1) is 5.82 Å². The molecule has 0 radical (unpaired) electrons. The lowest BCUT2D eigenvalue weighted by molar-refractivity contribution is -0.117. The fraction of sp³-hybridized carbons (Fsp3) is 0.458. The highest BCUT2D eigenvalue weighted by molar-refractivity contribution is 5.92. The number of hydrogen-bond acceptors (Lipinski definition) is 5. The number of aliphatic hydroxyl groups excluding tert-OH is 2. The van der Waals surface area contributed by atoms with Crippen molar-refractivity contribution in [3.63, 3.8) is 0 Å². The molecule has 4 N–H and O–H groups in total. The van der Waals surface area contributed by atoms with E-state index in [1.54, 1.807) is 6.07 Å². The van der Waals surface area contributed by atoms with Crippen LogP contribution in [0.4, 0.5) is 15.8 Å². The third-order valence-electron chi connectivity index (χ3n) is 6.26. The molecular formula is C24H30FN3O3. The van der Waals surface area contributed by atoms with Crippen LogP contribution in [0.15, 0.2) is 36.4 Å². The van der Waals surface area contributed by atoms with Crippen LogP contribution >= 0.6 is 0 Å². The van der Waals surface area contributed by atoms with Crippen LogP contribution in [-0.4, -0.2) is 46.7 Å². The van der Waals surface area contributed by atoms with Gasteiger partial charge in [-0.2, -0.15) is 0 Å². The molecule has 1 heterocycles. The van der Waals surface area contributed by atoms with Gasteiger partial charge in [0.2, 0.25) is 5.91 Å². The molecule has 6 nitrogen and oxygen atoms in total. The molecule has 2 aliphatic rings. The minimum Gasteiger partial charge on any atom is -0.392 e. The number of aryl methyl sites for hydroxylation is 1. The van der Waals surface area contributed by atoms with E-state index in [-0.39, 0.29) is 24.4 Å². The van der Waals surface area contributed by atoms with Crippen molar-refractivity contribution in [3.05, 3.63) is 58.9 Å². The summed E-state index contributed by atoms with van der Waals surface area (Å²) in [6.07, 6.45) is 4.03. The number of anilines is 2. The number of halogens is 1. The summed E-state index contributed by atoms with van der Waals surface area (Å²) in [4.78, 5) is 14.7. The summed E-state index contributed by atoms with van der Waals surface area (Å²) in [5.41, 5.74) is 4.19. The van der Waals surface area contributed by atoms with Gasteiger partial charge in [0, 0.05) is 36.1 Å². The van der Waals surface area contributed by atoms with Crippen LogP contribution in [0.25, 0.3) is 0 Å². The van der Waals surface area contributed by atoms with Crippen LogP contribution < -0.4 is 10.6 Å². The summed E-state index contributed by atoms with van der Waals surface area (Å²) in [5.74, 6) is -0.394. The number of rotatable bonds is 6. The lowest BCUT2D eigenvalue weighted by atomic mass is 9.89. The normalized spacial score (nSPS) is 19.6. The molecule has 166 valence electrons. The molecule has 1 aliphatic carbocycles. The van der Waals surface area contributed by atoms with Crippen molar-refractivity contribution < 1.29 is 19.4 Å². The van der Waals surface area contributed by atoms with E-state index in [0.29, 0.717) is 12.1 Å². The Balaban J connectivity index is 1.26. The van der Waals surface area contributed by atoms with Gasteiger partial charge in [0.15, 0.2) is 0 Å². The summed E-state index contributed by atoms with van der Waals surface area (Å²) in [6, 6.07) is 10.4. The Kier molecular flexibility index (Phi) is 6.85. The molecule has 1 fully saturated rings. The second-order valence-electron chi connectivity index (χ2n) is 8.52. The minimum absolute atomic E-state index is 0.0381. The van der Waals surface area contributed by atoms with Crippen LogP contribution in [0.1, 0.15) is 48.5 Å². The van der Waals surface area contributed by atoms with Gasteiger partial charge in [-0.1, -0.05) is 6.07 Å². The topological polar surface area (TPSA) is 84.8 Å². The van der Waals surface area contributed by atoms with E-state index in [1.165, 1.54) is 12.1 Å². The first-order chi connectivity index (χ1) is 15.0. The van der Waals surface area contributed by atoms with Crippen molar-refractivity contribution in [2.75, 3.05) is 30.3 Å². The molecule has 4 rings (SSSR count). The Hall–Kier alpha value is -2.48. The lowest BCUT2D eigenvalue weighted by Crippen LogP contribution is -2.42. The van der Waals surface area contributed by atoms with E-state index in [2.05, 4.69) is 15.5 Å². The molecule has 0 saturated carbocycles. The first-order valence-electron chi connectivity index (χ1n) is 11.0. The number of benzene rings is 2. The smallest absolute Gasteiger partial charge is 0.238 e. The molecule has 1 amide bonds. The van der Waals surface area contributed by atoms with E-state index >= 15 is 0 Å². The summed E-state index contributed by atoms with van der Waals surface area (Å²) in [6.45, 7) is 1.71. The number of hydrogen-bond donors (Lipinski definition) is 4. The predicted octanol–water partition coefficient (Wildman–Crippen LogP) is 3.20. The van der Waals surface area contributed by atoms with Crippen molar-refractivity contribution in [2.45, 2.75) is 50.9 Å². The SMILES string of the molecule is O=C(CN1CCC(Nc2ccc(F)cc2CO)CC1)Nc1ccc2c(c1)CCCC2O. The molecule has 31 heavy (non-hydrogen) atoms. The first kappa shape index (κ1) is 21.7. The highest BCUT2D eigenvalue weighted by Gasteiger charge is 2.22. The van der Waals surface area contributed by atoms with E-state index in [4.69, 9.17) is 0 Å². The number of nitrogens with one attached hydrogen (secondary N) is 2. The number of fused-ring (bicyclic) bond motifs is 1. The number of likely N-dealkylation sites (tertiary alicyclic amines) is 1. The van der Waals surface area contributed by atoms with Crippen molar-refractivity contribution in [3.8, 4) is 0 Å². The Bertz CT molecular complexity index is 928. The summed E-state index contributed by atoms with van der Waals surface area (Å²) >= 11 is 0. The summed E-state index contributed by atoms with van der Waals surface area (Å²) in [7, 11) is 0. The molecular weight excluding hydrogens is 397 g/mol. The number of carbonyl (C=O) groups excluding carboxylic acids is 1. The molecule has 0 spiro atoms. The largest absolute Gasteiger partial charge is 0.392 e. The van der Waals surface area contributed by atoms with E-state index in [0.717, 1.165) is 67.7 Å².